The maximum atomic E-state index is 13.6. The number of rotatable bonds is 3. The molecule has 1 aromatic heterocycles. The molecular weight excluding hydrogens is 420 g/mol. The quantitative estimate of drug-likeness (QED) is 0.441. The first-order chi connectivity index (χ1) is 15.8. The van der Waals surface area contributed by atoms with Gasteiger partial charge in [0.15, 0.2) is 5.72 Å². The number of fused-ring (bicyclic) bond motifs is 2. The molecule has 33 heavy (non-hydrogen) atoms. The molecule has 2 heterocycles. The second-order valence-electron chi connectivity index (χ2n) is 8.01. The summed E-state index contributed by atoms with van der Waals surface area (Å²) in [5, 5.41) is 14.7. The number of methoxy groups -OCH3 is 1. The van der Waals surface area contributed by atoms with Crippen LogP contribution in [-0.4, -0.2) is 34.2 Å². The number of anilines is 2. The third-order valence-electron chi connectivity index (χ3n) is 6.17. The van der Waals surface area contributed by atoms with Gasteiger partial charge in [-0.15, -0.1) is 0 Å². The Balaban J connectivity index is 1.70. The van der Waals surface area contributed by atoms with Crippen molar-refractivity contribution in [3.05, 3.63) is 88.5 Å². The number of benzene rings is 3. The smallest absolute Gasteiger partial charge is 0.413 e. The van der Waals surface area contributed by atoms with E-state index in [1.807, 2.05) is 32.0 Å². The van der Waals surface area contributed by atoms with E-state index in [0.717, 1.165) is 11.1 Å². The molecule has 2 amide bonds. The van der Waals surface area contributed by atoms with Gasteiger partial charge in [0.2, 0.25) is 5.95 Å². The Morgan fingerprint density at radius 3 is 2.70 bits per heavy atom. The first-order valence-electron chi connectivity index (χ1n) is 10.4. The molecule has 5 rings (SSSR count). The van der Waals surface area contributed by atoms with Gasteiger partial charge in [-0.2, -0.15) is 0 Å². The van der Waals surface area contributed by atoms with E-state index in [1.165, 1.54) is 12.0 Å². The van der Waals surface area contributed by atoms with Crippen molar-refractivity contribution >= 4 is 34.7 Å². The summed E-state index contributed by atoms with van der Waals surface area (Å²) in [6.45, 7) is 3.90. The molecule has 166 valence electrons. The number of hydrogen-bond donors (Lipinski definition) is 3. The molecule has 4 aromatic rings. The van der Waals surface area contributed by atoms with Crippen molar-refractivity contribution < 1.29 is 19.4 Å². The second kappa shape index (κ2) is 7.46. The molecule has 8 heteroatoms. The van der Waals surface area contributed by atoms with Gasteiger partial charge < -0.3 is 14.8 Å². The number of nitrogens with one attached hydrogen (secondary N) is 2. The van der Waals surface area contributed by atoms with Crippen LogP contribution in [-0.2, 0) is 10.5 Å². The van der Waals surface area contributed by atoms with Crippen LogP contribution in [0, 0.1) is 13.8 Å². The van der Waals surface area contributed by atoms with Gasteiger partial charge in [0.1, 0.15) is 0 Å². The van der Waals surface area contributed by atoms with E-state index < -0.39 is 11.8 Å². The van der Waals surface area contributed by atoms with Crippen LogP contribution in [0.5, 0.6) is 0 Å². The van der Waals surface area contributed by atoms with E-state index in [9.17, 15) is 14.7 Å². The average Bonchev–Trinajstić information content (AvgIpc) is 3.32. The largest absolute Gasteiger partial charge is 0.453 e. The fraction of sp³-hybridized carbons (Fsp3) is 0.160. The molecular formula is C25H22N4O4. The number of imidazole rings is 1. The van der Waals surface area contributed by atoms with Crippen LogP contribution in [0.2, 0.25) is 0 Å². The van der Waals surface area contributed by atoms with Crippen LogP contribution in [0.15, 0.2) is 60.7 Å². The van der Waals surface area contributed by atoms with Crippen molar-refractivity contribution in [2.24, 2.45) is 0 Å². The summed E-state index contributed by atoms with van der Waals surface area (Å²) in [5.41, 5.74) is 3.40. The summed E-state index contributed by atoms with van der Waals surface area (Å²) in [4.78, 5) is 33.9. The molecule has 0 saturated heterocycles. The standard InChI is InChI=1S/C25H22N4O4/c1-14-7-6-10-21(15(14)2)29-22(30)17-8-4-5-9-18(17)25(29,32)16-11-12-19-20(13-16)27-23(26-19)28-24(31)33-3/h4-13,32H,1-3H3,(H2,26,27,28,31). The molecule has 1 atom stereocenters. The number of aliphatic hydroxyl groups is 1. The topological polar surface area (TPSA) is 108 Å². The predicted octanol–water partition coefficient (Wildman–Crippen LogP) is 4.21. The van der Waals surface area contributed by atoms with Crippen LogP contribution in [0.4, 0.5) is 16.4 Å². The lowest BCUT2D eigenvalue weighted by atomic mass is 9.92. The molecule has 0 aliphatic carbocycles. The van der Waals surface area contributed by atoms with Crippen LogP contribution >= 0.6 is 0 Å². The fourth-order valence-electron chi connectivity index (χ4n) is 4.34. The molecule has 0 bridgehead atoms. The number of hydrogen-bond acceptors (Lipinski definition) is 5. The Bertz CT molecular complexity index is 1430. The number of carbonyl (C=O) groups excluding carboxylic acids is 2. The highest BCUT2D eigenvalue weighted by Gasteiger charge is 2.51. The molecule has 1 unspecified atom stereocenters. The number of carbonyl (C=O) groups is 2. The second-order valence-corrected chi connectivity index (χ2v) is 8.01. The van der Waals surface area contributed by atoms with E-state index in [2.05, 4.69) is 20.0 Å². The van der Waals surface area contributed by atoms with Gasteiger partial charge in [-0.25, -0.2) is 9.78 Å². The SMILES string of the molecule is COC(=O)Nc1nc2cc(C3(O)c4ccccc4C(=O)N3c3cccc(C)c3C)ccc2[nH]1. The number of ether oxygens (including phenoxy) is 1. The van der Waals surface area contributed by atoms with Gasteiger partial charge >= 0.3 is 6.09 Å². The summed E-state index contributed by atoms with van der Waals surface area (Å²) >= 11 is 0. The van der Waals surface area contributed by atoms with Crippen LogP contribution in [0.1, 0.15) is 32.6 Å². The van der Waals surface area contributed by atoms with Gasteiger partial charge in [-0.05, 0) is 49.2 Å². The Hall–Kier alpha value is -4.17. The van der Waals surface area contributed by atoms with Gasteiger partial charge in [-0.3, -0.25) is 15.0 Å². The lowest BCUT2D eigenvalue weighted by molar-refractivity contribution is 0.0703. The molecule has 1 aliphatic rings. The molecule has 3 N–H and O–H groups in total. The predicted molar refractivity (Wildman–Crippen MR) is 124 cm³/mol. The minimum absolute atomic E-state index is 0.218. The van der Waals surface area contributed by atoms with E-state index >= 15 is 0 Å². The minimum atomic E-state index is -1.74. The maximum Gasteiger partial charge on any atom is 0.413 e. The Morgan fingerprint density at radius 2 is 1.91 bits per heavy atom. The molecule has 1 aliphatic heterocycles. The Labute approximate surface area is 189 Å². The molecule has 0 fully saturated rings. The third-order valence-corrected chi connectivity index (χ3v) is 6.17. The highest BCUT2D eigenvalue weighted by molar-refractivity contribution is 6.13. The molecule has 8 nitrogen and oxygen atoms in total. The number of aromatic amines is 1. The Kier molecular flexibility index (Phi) is 4.68. The van der Waals surface area contributed by atoms with Gasteiger partial charge in [0.25, 0.3) is 5.91 Å². The lowest BCUT2D eigenvalue weighted by Crippen LogP contribution is -2.45. The third kappa shape index (κ3) is 3.07. The Morgan fingerprint density at radius 1 is 1.12 bits per heavy atom. The van der Waals surface area contributed by atoms with Crippen molar-refractivity contribution in [1.82, 2.24) is 9.97 Å². The van der Waals surface area contributed by atoms with Crippen molar-refractivity contribution in [1.29, 1.82) is 0 Å². The van der Waals surface area contributed by atoms with Crippen molar-refractivity contribution in [2.45, 2.75) is 19.6 Å². The summed E-state index contributed by atoms with van der Waals surface area (Å²) in [7, 11) is 1.27. The van der Waals surface area contributed by atoms with E-state index in [-0.39, 0.29) is 11.9 Å². The highest BCUT2D eigenvalue weighted by Crippen LogP contribution is 2.46. The van der Waals surface area contributed by atoms with Crippen LogP contribution in [0.3, 0.4) is 0 Å². The normalized spacial score (nSPS) is 17.3. The van der Waals surface area contributed by atoms with E-state index in [1.54, 1.807) is 42.5 Å². The number of amides is 2. The first kappa shape index (κ1) is 20.7. The van der Waals surface area contributed by atoms with Gasteiger partial charge in [-0.1, -0.05) is 36.4 Å². The zero-order chi connectivity index (χ0) is 23.3. The van der Waals surface area contributed by atoms with Crippen molar-refractivity contribution in [2.75, 3.05) is 17.3 Å². The first-order valence-corrected chi connectivity index (χ1v) is 10.4. The van der Waals surface area contributed by atoms with Gasteiger partial charge in [0.05, 0.1) is 23.8 Å². The molecule has 0 saturated carbocycles. The minimum Gasteiger partial charge on any atom is -0.453 e. The molecule has 0 radical (unpaired) electrons. The number of aryl methyl sites for hydroxylation is 1. The number of nitrogens with zero attached hydrogens (tertiary/aromatic N) is 2. The molecule has 0 spiro atoms. The summed E-state index contributed by atoms with van der Waals surface area (Å²) in [6.07, 6.45) is -0.649. The number of H-pyrrole nitrogens is 1. The van der Waals surface area contributed by atoms with Crippen molar-refractivity contribution in [3.8, 4) is 0 Å². The lowest BCUT2D eigenvalue weighted by Gasteiger charge is -2.36. The van der Waals surface area contributed by atoms with Crippen LogP contribution in [0.25, 0.3) is 11.0 Å². The summed E-state index contributed by atoms with van der Waals surface area (Å²) in [6, 6.07) is 18.0. The molecule has 3 aromatic carbocycles. The van der Waals surface area contributed by atoms with Gasteiger partial charge in [0, 0.05) is 16.7 Å². The average molecular weight is 442 g/mol. The summed E-state index contributed by atoms with van der Waals surface area (Å²) in [5.74, 6) is -0.0627. The maximum absolute atomic E-state index is 13.6. The van der Waals surface area contributed by atoms with Crippen LogP contribution < -0.4 is 10.2 Å². The zero-order valence-electron chi connectivity index (χ0n) is 18.3. The van der Waals surface area contributed by atoms with Crippen molar-refractivity contribution in [3.63, 3.8) is 0 Å². The monoisotopic (exact) mass is 442 g/mol. The summed E-state index contributed by atoms with van der Waals surface area (Å²) < 4.78 is 4.61. The number of aromatic nitrogens is 2. The highest BCUT2D eigenvalue weighted by atomic mass is 16.5. The zero-order valence-corrected chi connectivity index (χ0v) is 18.3. The van der Waals surface area contributed by atoms with E-state index in [0.29, 0.717) is 33.4 Å². The fourth-order valence-corrected chi connectivity index (χ4v) is 4.34. The van der Waals surface area contributed by atoms with E-state index in [4.69, 9.17) is 0 Å².